The minimum atomic E-state index is -0.105. The number of hydrogen-bond acceptors (Lipinski definition) is 4. The van der Waals surface area contributed by atoms with Gasteiger partial charge < -0.3 is 20.3 Å². The van der Waals surface area contributed by atoms with Crippen LogP contribution in [0.1, 0.15) is 6.42 Å². The number of amides is 2. The number of carbonyl (C=O) groups is 2. The first kappa shape index (κ1) is 12.9. The van der Waals surface area contributed by atoms with Crippen LogP contribution in [0, 0.1) is 0 Å². The van der Waals surface area contributed by atoms with Gasteiger partial charge in [-0.05, 0) is 6.42 Å². The standard InChI is InChI=1S/C10H19N3O3/c1-16-6-2-3-12-9(14)8-13-5-4-11-7-10(13)15/h11H,2-8H2,1H3,(H,12,14). The zero-order chi connectivity index (χ0) is 11.8. The number of nitrogens with one attached hydrogen (secondary N) is 2. The lowest BCUT2D eigenvalue weighted by Crippen LogP contribution is -2.51. The van der Waals surface area contributed by atoms with Crippen LogP contribution in [0.4, 0.5) is 0 Å². The fourth-order valence-corrected chi connectivity index (χ4v) is 1.49. The van der Waals surface area contributed by atoms with E-state index in [4.69, 9.17) is 4.74 Å². The molecule has 0 aromatic heterocycles. The Morgan fingerprint density at radius 2 is 2.44 bits per heavy atom. The molecule has 1 heterocycles. The van der Waals surface area contributed by atoms with Crippen molar-refractivity contribution in [1.29, 1.82) is 0 Å². The Hall–Kier alpha value is -1.14. The SMILES string of the molecule is COCCCNC(=O)CN1CCNCC1=O. The number of piperazine rings is 1. The first-order valence-electron chi connectivity index (χ1n) is 5.48. The van der Waals surface area contributed by atoms with Crippen molar-refractivity contribution in [2.24, 2.45) is 0 Å². The molecule has 0 unspecified atom stereocenters. The van der Waals surface area contributed by atoms with Gasteiger partial charge in [0.1, 0.15) is 0 Å². The van der Waals surface area contributed by atoms with E-state index in [2.05, 4.69) is 10.6 Å². The van der Waals surface area contributed by atoms with Gasteiger partial charge in [0.15, 0.2) is 0 Å². The van der Waals surface area contributed by atoms with E-state index < -0.39 is 0 Å². The molecule has 0 saturated carbocycles. The zero-order valence-corrected chi connectivity index (χ0v) is 9.62. The van der Waals surface area contributed by atoms with Crippen molar-refractivity contribution >= 4 is 11.8 Å². The fourth-order valence-electron chi connectivity index (χ4n) is 1.49. The van der Waals surface area contributed by atoms with Crippen LogP contribution in [0.2, 0.25) is 0 Å². The average molecular weight is 229 g/mol. The third-order valence-electron chi connectivity index (χ3n) is 2.37. The van der Waals surface area contributed by atoms with Crippen molar-refractivity contribution in [1.82, 2.24) is 15.5 Å². The maximum absolute atomic E-state index is 11.5. The second-order valence-electron chi connectivity index (χ2n) is 3.69. The highest BCUT2D eigenvalue weighted by Crippen LogP contribution is 1.93. The largest absolute Gasteiger partial charge is 0.385 e. The van der Waals surface area contributed by atoms with Gasteiger partial charge in [0.25, 0.3) is 0 Å². The molecule has 1 fully saturated rings. The highest BCUT2D eigenvalue weighted by molar-refractivity contribution is 5.86. The van der Waals surface area contributed by atoms with Gasteiger partial charge in [-0.15, -0.1) is 0 Å². The summed E-state index contributed by atoms with van der Waals surface area (Å²) in [5.74, 6) is -0.121. The smallest absolute Gasteiger partial charge is 0.239 e. The van der Waals surface area contributed by atoms with Crippen molar-refractivity contribution in [3.63, 3.8) is 0 Å². The Morgan fingerprint density at radius 3 is 3.12 bits per heavy atom. The summed E-state index contributed by atoms with van der Waals surface area (Å²) in [6, 6.07) is 0. The second kappa shape index (κ2) is 7.19. The molecule has 2 amide bonds. The first-order valence-corrected chi connectivity index (χ1v) is 5.48. The number of rotatable bonds is 6. The van der Waals surface area contributed by atoms with Gasteiger partial charge in [-0.2, -0.15) is 0 Å². The van der Waals surface area contributed by atoms with Crippen LogP contribution >= 0.6 is 0 Å². The summed E-state index contributed by atoms with van der Waals surface area (Å²) in [5.41, 5.74) is 0. The lowest BCUT2D eigenvalue weighted by Gasteiger charge is -2.26. The average Bonchev–Trinajstić information content (AvgIpc) is 2.28. The van der Waals surface area contributed by atoms with Gasteiger partial charge in [-0.3, -0.25) is 9.59 Å². The molecule has 1 saturated heterocycles. The molecule has 0 atom stereocenters. The molecule has 0 spiro atoms. The summed E-state index contributed by atoms with van der Waals surface area (Å²) in [6.07, 6.45) is 0.789. The van der Waals surface area contributed by atoms with E-state index in [0.29, 0.717) is 26.2 Å². The number of ether oxygens (including phenoxy) is 1. The second-order valence-corrected chi connectivity index (χ2v) is 3.69. The van der Waals surface area contributed by atoms with E-state index >= 15 is 0 Å². The highest BCUT2D eigenvalue weighted by Gasteiger charge is 2.19. The number of carbonyl (C=O) groups excluding carboxylic acids is 2. The Bertz CT molecular complexity index is 245. The summed E-state index contributed by atoms with van der Waals surface area (Å²) < 4.78 is 4.87. The van der Waals surface area contributed by atoms with Crippen LogP contribution in [0.3, 0.4) is 0 Å². The summed E-state index contributed by atoms with van der Waals surface area (Å²) >= 11 is 0. The van der Waals surface area contributed by atoms with E-state index in [-0.39, 0.29) is 18.4 Å². The maximum Gasteiger partial charge on any atom is 0.239 e. The number of nitrogens with zero attached hydrogens (tertiary/aromatic N) is 1. The molecular weight excluding hydrogens is 210 g/mol. The van der Waals surface area contributed by atoms with Gasteiger partial charge in [0.2, 0.25) is 11.8 Å². The summed E-state index contributed by atoms with van der Waals surface area (Å²) in [5, 5.41) is 5.71. The van der Waals surface area contributed by atoms with E-state index in [1.165, 1.54) is 0 Å². The summed E-state index contributed by atoms with van der Waals surface area (Å²) in [4.78, 5) is 24.4. The van der Waals surface area contributed by atoms with Crippen LogP contribution in [-0.2, 0) is 14.3 Å². The van der Waals surface area contributed by atoms with Crippen molar-refractivity contribution < 1.29 is 14.3 Å². The molecule has 2 N–H and O–H groups in total. The predicted octanol–water partition coefficient (Wildman–Crippen LogP) is -1.43. The minimum absolute atomic E-state index is 0.0155. The van der Waals surface area contributed by atoms with Crippen LogP contribution in [-0.4, -0.2) is 63.2 Å². The highest BCUT2D eigenvalue weighted by atomic mass is 16.5. The van der Waals surface area contributed by atoms with Crippen LogP contribution in [0.15, 0.2) is 0 Å². The quantitative estimate of drug-likeness (QED) is 0.548. The fraction of sp³-hybridized carbons (Fsp3) is 0.800. The number of methoxy groups -OCH3 is 1. The molecule has 6 heteroatoms. The van der Waals surface area contributed by atoms with Crippen LogP contribution in [0.5, 0.6) is 0 Å². The molecule has 0 aromatic rings. The topological polar surface area (TPSA) is 70.7 Å². The van der Waals surface area contributed by atoms with Gasteiger partial charge in [-0.25, -0.2) is 0 Å². The van der Waals surface area contributed by atoms with Crippen LogP contribution in [0.25, 0.3) is 0 Å². The molecule has 16 heavy (non-hydrogen) atoms. The molecule has 92 valence electrons. The Morgan fingerprint density at radius 1 is 1.62 bits per heavy atom. The predicted molar refractivity (Wildman–Crippen MR) is 59.0 cm³/mol. The van der Waals surface area contributed by atoms with Gasteiger partial charge in [-0.1, -0.05) is 0 Å². The molecule has 0 aromatic carbocycles. The summed E-state index contributed by atoms with van der Waals surface area (Å²) in [7, 11) is 1.63. The van der Waals surface area contributed by atoms with Crippen molar-refractivity contribution in [2.75, 3.05) is 46.4 Å². The monoisotopic (exact) mass is 229 g/mol. The Labute approximate surface area is 95.3 Å². The van der Waals surface area contributed by atoms with E-state index in [1.54, 1.807) is 12.0 Å². The summed E-state index contributed by atoms with van der Waals surface area (Å²) in [6.45, 7) is 3.07. The Kier molecular flexibility index (Phi) is 5.81. The number of hydrogen-bond donors (Lipinski definition) is 2. The van der Waals surface area contributed by atoms with Gasteiger partial charge >= 0.3 is 0 Å². The molecular formula is C10H19N3O3. The molecule has 0 aliphatic carbocycles. The lowest BCUT2D eigenvalue weighted by atomic mass is 10.3. The van der Waals surface area contributed by atoms with E-state index in [9.17, 15) is 9.59 Å². The van der Waals surface area contributed by atoms with Gasteiger partial charge in [0.05, 0.1) is 13.1 Å². The molecule has 0 bridgehead atoms. The maximum atomic E-state index is 11.5. The Balaban J connectivity index is 2.15. The minimum Gasteiger partial charge on any atom is -0.385 e. The molecule has 0 radical (unpaired) electrons. The first-order chi connectivity index (χ1) is 7.74. The zero-order valence-electron chi connectivity index (χ0n) is 9.62. The lowest BCUT2D eigenvalue weighted by molar-refractivity contribution is -0.136. The van der Waals surface area contributed by atoms with Crippen molar-refractivity contribution in [3.8, 4) is 0 Å². The molecule has 1 rings (SSSR count). The van der Waals surface area contributed by atoms with E-state index in [1.807, 2.05) is 0 Å². The van der Waals surface area contributed by atoms with Gasteiger partial charge in [0, 0.05) is 33.4 Å². The van der Waals surface area contributed by atoms with Crippen molar-refractivity contribution in [2.45, 2.75) is 6.42 Å². The third kappa shape index (κ3) is 4.59. The molecule has 6 nitrogen and oxygen atoms in total. The van der Waals surface area contributed by atoms with Crippen molar-refractivity contribution in [3.05, 3.63) is 0 Å². The molecule has 1 aliphatic heterocycles. The molecule has 1 aliphatic rings. The van der Waals surface area contributed by atoms with E-state index in [0.717, 1.165) is 13.0 Å². The third-order valence-corrected chi connectivity index (χ3v) is 2.37. The normalized spacial score (nSPS) is 16.3. The van der Waals surface area contributed by atoms with Crippen LogP contribution < -0.4 is 10.6 Å².